The van der Waals surface area contributed by atoms with Crippen LogP contribution in [0, 0.1) is 5.41 Å². The third kappa shape index (κ3) is 5.95. The van der Waals surface area contributed by atoms with Gasteiger partial charge in [0.25, 0.3) is 0 Å². The van der Waals surface area contributed by atoms with Gasteiger partial charge in [-0.3, -0.25) is 0 Å². The summed E-state index contributed by atoms with van der Waals surface area (Å²) in [6.07, 6.45) is 6.79. The van der Waals surface area contributed by atoms with Gasteiger partial charge in [0.05, 0.1) is 17.9 Å². The van der Waals surface area contributed by atoms with Gasteiger partial charge >= 0.3 is 0 Å². The maximum absolute atomic E-state index is 8.39. The largest absolute Gasteiger partial charge is 0.495 e. The van der Waals surface area contributed by atoms with Crippen LogP contribution in [0.25, 0.3) is 11.4 Å². The van der Waals surface area contributed by atoms with Crippen molar-refractivity contribution in [3.05, 3.63) is 70.7 Å². The average Bonchev–Trinajstić information content (AvgIpc) is 3.00. The number of benzene rings is 1. The van der Waals surface area contributed by atoms with Gasteiger partial charge in [-0.15, -0.1) is 0 Å². The highest BCUT2D eigenvalue weighted by Crippen LogP contribution is 2.30. The van der Waals surface area contributed by atoms with Crippen molar-refractivity contribution in [1.29, 1.82) is 5.41 Å². The Labute approximate surface area is 189 Å². The highest BCUT2D eigenvalue weighted by Gasteiger charge is 2.18. The molecule has 164 valence electrons. The molecular formula is C24H30ClN5O. The highest BCUT2D eigenvalue weighted by atomic mass is 35.5. The molecule has 1 aliphatic rings. The van der Waals surface area contributed by atoms with Crippen LogP contribution in [0.4, 0.5) is 11.5 Å². The van der Waals surface area contributed by atoms with Crippen LogP contribution in [0.15, 0.2) is 65.0 Å². The molecule has 0 radical (unpaired) electrons. The summed E-state index contributed by atoms with van der Waals surface area (Å²) in [4.78, 5) is 9.42. The van der Waals surface area contributed by atoms with Gasteiger partial charge in [0.15, 0.2) is 11.6 Å². The molecule has 1 heterocycles. The normalized spacial score (nSPS) is 12.9. The Bertz CT molecular complexity index is 997. The molecule has 0 spiro atoms. The minimum absolute atomic E-state index is 0.441. The molecule has 3 rings (SSSR count). The molecular weight excluding hydrogens is 410 g/mol. The second-order valence-corrected chi connectivity index (χ2v) is 6.78. The van der Waals surface area contributed by atoms with Gasteiger partial charge in [0, 0.05) is 24.7 Å². The van der Waals surface area contributed by atoms with Crippen LogP contribution >= 0.6 is 11.6 Å². The maximum atomic E-state index is 8.39. The molecule has 1 aromatic heterocycles. The van der Waals surface area contributed by atoms with Crippen molar-refractivity contribution in [2.24, 2.45) is 0 Å². The summed E-state index contributed by atoms with van der Waals surface area (Å²) in [5, 5.41) is 15.5. The molecule has 3 N–H and O–H groups in total. The summed E-state index contributed by atoms with van der Waals surface area (Å²) < 4.78 is 5.29. The van der Waals surface area contributed by atoms with Crippen LogP contribution in [0.5, 0.6) is 0 Å². The minimum Gasteiger partial charge on any atom is -0.495 e. The fourth-order valence-corrected chi connectivity index (χ4v) is 3.14. The summed E-state index contributed by atoms with van der Waals surface area (Å²) in [6.45, 7) is 5.94. The SMILES string of the molecule is CC.CCC(=N)c1nc(-c2ccccc2)nc(NC2=CC=C(OC)C(Cl)=CC2)c1NC. The summed E-state index contributed by atoms with van der Waals surface area (Å²) in [7, 11) is 3.40. The molecule has 1 aromatic carbocycles. The zero-order chi connectivity index (χ0) is 22.8. The van der Waals surface area contributed by atoms with Crippen molar-refractivity contribution in [3.8, 4) is 11.4 Å². The van der Waals surface area contributed by atoms with Gasteiger partial charge in [0.1, 0.15) is 17.1 Å². The second-order valence-electron chi connectivity index (χ2n) is 6.38. The molecule has 1 aliphatic carbocycles. The molecule has 0 aliphatic heterocycles. The molecule has 0 unspecified atom stereocenters. The molecule has 0 fully saturated rings. The fourth-order valence-electron chi connectivity index (χ4n) is 2.92. The Morgan fingerprint density at radius 3 is 2.48 bits per heavy atom. The zero-order valence-electron chi connectivity index (χ0n) is 18.7. The molecule has 31 heavy (non-hydrogen) atoms. The first-order valence-corrected chi connectivity index (χ1v) is 10.8. The number of aromatic nitrogens is 2. The van der Waals surface area contributed by atoms with E-state index >= 15 is 0 Å². The number of nitrogens with zero attached hydrogens (tertiary/aromatic N) is 2. The molecule has 6 nitrogen and oxygen atoms in total. The van der Waals surface area contributed by atoms with E-state index in [9.17, 15) is 0 Å². The Balaban J connectivity index is 0.00000166. The van der Waals surface area contributed by atoms with Crippen LogP contribution in [0.3, 0.4) is 0 Å². The molecule has 0 bridgehead atoms. The Hall–Kier alpha value is -3.12. The number of methoxy groups -OCH3 is 1. The predicted octanol–water partition coefficient (Wildman–Crippen LogP) is 6.34. The first-order valence-electron chi connectivity index (χ1n) is 10.4. The van der Waals surface area contributed by atoms with E-state index in [2.05, 4.69) is 15.6 Å². The molecule has 2 aromatic rings. The minimum atomic E-state index is 0.441. The lowest BCUT2D eigenvalue weighted by Gasteiger charge is -2.17. The van der Waals surface area contributed by atoms with Crippen molar-refractivity contribution in [2.75, 3.05) is 24.8 Å². The number of anilines is 2. The third-order valence-corrected chi connectivity index (χ3v) is 4.84. The number of hydrogen-bond acceptors (Lipinski definition) is 6. The second kappa shape index (κ2) is 11.9. The number of halogens is 1. The number of allylic oxidation sites excluding steroid dienone is 4. The summed E-state index contributed by atoms with van der Waals surface area (Å²) in [5.74, 6) is 1.79. The first kappa shape index (κ1) is 24.2. The van der Waals surface area contributed by atoms with Gasteiger partial charge in [-0.05, 0) is 18.6 Å². The van der Waals surface area contributed by atoms with Gasteiger partial charge in [-0.25, -0.2) is 9.97 Å². The third-order valence-electron chi connectivity index (χ3n) is 4.50. The standard InChI is InChI=1S/C22H24ClN5O.C2H6/c1-4-17(24)19-20(25-2)22(28-21(27-19)14-8-6-5-7-9-14)26-15-10-12-16(23)18(29-3)13-11-15;1-2/h5-9,11-13,24-25H,4,10H2,1-3H3,(H,26,27,28);1-2H3. The highest BCUT2D eigenvalue weighted by molar-refractivity contribution is 6.31. The van der Waals surface area contributed by atoms with E-state index in [4.69, 9.17) is 26.7 Å². The van der Waals surface area contributed by atoms with Crippen molar-refractivity contribution in [1.82, 2.24) is 9.97 Å². The maximum Gasteiger partial charge on any atom is 0.162 e. The zero-order valence-corrected chi connectivity index (χ0v) is 19.5. The number of nitrogens with one attached hydrogen (secondary N) is 3. The first-order chi connectivity index (χ1) is 15.1. The lowest BCUT2D eigenvalue weighted by molar-refractivity contribution is 0.305. The van der Waals surface area contributed by atoms with Crippen molar-refractivity contribution in [2.45, 2.75) is 33.6 Å². The van der Waals surface area contributed by atoms with E-state index in [-0.39, 0.29) is 0 Å². The summed E-state index contributed by atoms with van der Waals surface area (Å²) in [6, 6.07) is 9.75. The monoisotopic (exact) mass is 439 g/mol. The van der Waals surface area contributed by atoms with E-state index in [0.717, 1.165) is 11.3 Å². The van der Waals surface area contributed by atoms with Crippen LogP contribution in [0.1, 0.15) is 39.3 Å². The van der Waals surface area contributed by atoms with E-state index in [0.29, 0.717) is 52.4 Å². The van der Waals surface area contributed by atoms with Crippen LogP contribution in [-0.2, 0) is 4.74 Å². The van der Waals surface area contributed by atoms with E-state index < -0.39 is 0 Å². The number of hydrogen-bond donors (Lipinski definition) is 3. The number of ether oxygens (including phenoxy) is 1. The van der Waals surface area contributed by atoms with Crippen molar-refractivity contribution in [3.63, 3.8) is 0 Å². The smallest absolute Gasteiger partial charge is 0.162 e. The molecule has 0 saturated heterocycles. The van der Waals surface area contributed by atoms with E-state index in [1.54, 1.807) is 14.2 Å². The van der Waals surface area contributed by atoms with Crippen LogP contribution < -0.4 is 10.6 Å². The van der Waals surface area contributed by atoms with E-state index in [1.165, 1.54) is 0 Å². The topological polar surface area (TPSA) is 82.9 Å². The van der Waals surface area contributed by atoms with Gasteiger partial charge in [-0.2, -0.15) is 0 Å². The molecule has 0 atom stereocenters. The summed E-state index contributed by atoms with van der Waals surface area (Å²) in [5.41, 5.74) is 3.51. The van der Waals surface area contributed by atoms with Gasteiger partial charge < -0.3 is 20.8 Å². The Kier molecular flexibility index (Phi) is 9.28. The lowest BCUT2D eigenvalue weighted by atomic mass is 10.1. The average molecular weight is 440 g/mol. The number of rotatable bonds is 7. The quantitative estimate of drug-likeness (QED) is 0.438. The fraction of sp³-hybridized carbons (Fsp3) is 0.292. The summed E-state index contributed by atoms with van der Waals surface area (Å²) >= 11 is 6.25. The molecule has 0 amide bonds. The molecule has 0 saturated carbocycles. The van der Waals surface area contributed by atoms with E-state index in [1.807, 2.05) is 69.3 Å². The Morgan fingerprint density at radius 1 is 1.16 bits per heavy atom. The van der Waals surface area contributed by atoms with Gasteiger partial charge in [0.2, 0.25) is 0 Å². The Morgan fingerprint density at radius 2 is 1.87 bits per heavy atom. The van der Waals surface area contributed by atoms with Crippen molar-refractivity contribution < 1.29 is 4.74 Å². The van der Waals surface area contributed by atoms with Gasteiger partial charge in [-0.1, -0.05) is 68.8 Å². The predicted molar refractivity (Wildman–Crippen MR) is 131 cm³/mol. The lowest BCUT2D eigenvalue weighted by Crippen LogP contribution is -2.13. The molecule has 7 heteroatoms. The van der Waals surface area contributed by atoms with Crippen molar-refractivity contribution >= 4 is 28.8 Å². The van der Waals surface area contributed by atoms with Crippen LogP contribution in [-0.4, -0.2) is 29.8 Å². The van der Waals surface area contributed by atoms with Crippen LogP contribution in [0.2, 0.25) is 0 Å².